The summed E-state index contributed by atoms with van der Waals surface area (Å²) in [6, 6.07) is 7.70. The Balaban J connectivity index is 2.08. The van der Waals surface area contributed by atoms with Crippen molar-refractivity contribution in [3.05, 3.63) is 35.4 Å². The molecule has 0 radical (unpaired) electrons. The third kappa shape index (κ3) is 2.97. The lowest BCUT2D eigenvalue weighted by atomic mass is 10.3. The average Bonchev–Trinajstić information content (AvgIpc) is 3.04. The summed E-state index contributed by atoms with van der Waals surface area (Å²) in [5.41, 5.74) is 1.04. The van der Waals surface area contributed by atoms with Gasteiger partial charge < -0.3 is 9.47 Å². The number of aromatic nitrogens is 2. The Bertz CT molecular complexity index is 1000. The van der Waals surface area contributed by atoms with Crippen LogP contribution in [0.4, 0.5) is 5.69 Å². The Morgan fingerprint density at radius 3 is 2.58 bits per heavy atom. The van der Waals surface area contributed by atoms with Crippen LogP contribution in [0.3, 0.4) is 0 Å². The number of ether oxygens (including phenoxy) is 2. The summed E-state index contributed by atoms with van der Waals surface area (Å²) < 4.78 is 46.4. The zero-order chi connectivity index (χ0) is 17.3. The summed E-state index contributed by atoms with van der Waals surface area (Å²) in [6.07, 6.45) is 0. The van der Waals surface area contributed by atoms with Gasteiger partial charge in [0.25, 0.3) is 10.0 Å². The summed E-state index contributed by atoms with van der Waals surface area (Å²) in [4.78, 5) is 0.0321. The van der Waals surface area contributed by atoms with Gasteiger partial charge in [-0.05, 0) is 12.1 Å². The maximum Gasteiger partial charge on any atom is 0.264 e. The molecule has 0 spiro atoms. The first kappa shape index (κ1) is 16.7. The molecule has 10 heteroatoms. The number of rotatable bonds is 5. The molecule has 2 aromatic carbocycles. The first-order chi connectivity index (χ1) is 11.5. The van der Waals surface area contributed by atoms with Gasteiger partial charge in [-0.25, -0.2) is 8.42 Å². The van der Waals surface area contributed by atoms with Crippen molar-refractivity contribution in [3.8, 4) is 11.5 Å². The van der Waals surface area contributed by atoms with Crippen LogP contribution in [0.5, 0.6) is 11.5 Å². The van der Waals surface area contributed by atoms with E-state index < -0.39 is 10.0 Å². The Morgan fingerprint density at radius 2 is 1.88 bits per heavy atom. The molecule has 0 fully saturated rings. The smallest absolute Gasteiger partial charge is 0.264 e. The zero-order valence-corrected chi connectivity index (χ0v) is 15.0. The second kappa shape index (κ2) is 6.42. The van der Waals surface area contributed by atoms with Crippen molar-refractivity contribution in [3.63, 3.8) is 0 Å². The minimum Gasteiger partial charge on any atom is -0.495 e. The van der Waals surface area contributed by atoms with Gasteiger partial charge in [0.15, 0.2) is 0 Å². The lowest BCUT2D eigenvalue weighted by Crippen LogP contribution is -2.14. The highest BCUT2D eigenvalue weighted by molar-refractivity contribution is 7.93. The fourth-order valence-corrected chi connectivity index (χ4v) is 4.20. The summed E-state index contributed by atoms with van der Waals surface area (Å²) in [7, 11) is -1.05. The monoisotopic (exact) mass is 385 g/mol. The van der Waals surface area contributed by atoms with Gasteiger partial charge in [0, 0.05) is 12.1 Å². The zero-order valence-electron chi connectivity index (χ0n) is 12.6. The van der Waals surface area contributed by atoms with E-state index in [1.54, 1.807) is 12.1 Å². The van der Waals surface area contributed by atoms with Gasteiger partial charge in [0.1, 0.15) is 27.4 Å². The van der Waals surface area contributed by atoms with Crippen LogP contribution in [0.2, 0.25) is 5.02 Å². The second-order valence-electron chi connectivity index (χ2n) is 4.68. The number of fused-ring (bicyclic) bond motifs is 1. The molecule has 1 heterocycles. The highest BCUT2D eigenvalue weighted by atomic mass is 35.5. The molecule has 0 aliphatic carbocycles. The molecule has 3 aromatic rings. The number of halogens is 1. The third-order valence-electron chi connectivity index (χ3n) is 3.26. The Labute approximate surface area is 147 Å². The SMILES string of the molecule is COc1cc(NS(=O)(=O)c2cccc3nsnc23)c(OC)cc1Cl. The van der Waals surface area contributed by atoms with Crippen LogP contribution in [-0.2, 0) is 10.0 Å². The lowest BCUT2D eigenvalue weighted by molar-refractivity contribution is 0.405. The highest BCUT2D eigenvalue weighted by Gasteiger charge is 2.22. The molecule has 24 heavy (non-hydrogen) atoms. The summed E-state index contributed by atoms with van der Waals surface area (Å²) >= 11 is 6.98. The van der Waals surface area contributed by atoms with Crippen molar-refractivity contribution >= 4 is 50.1 Å². The predicted molar refractivity (Wildman–Crippen MR) is 92.8 cm³/mol. The van der Waals surface area contributed by atoms with Crippen LogP contribution in [0.15, 0.2) is 35.2 Å². The van der Waals surface area contributed by atoms with Gasteiger partial charge in [-0.15, -0.1) is 0 Å². The van der Waals surface area contributed by atoms with E-state index in [9.17, 15) is 8.42 Å². The average molecular weight is 386 g/mol. The molecule has 0 aliphatic rings. The van der Waals surface area contributed by atoms with E-state index in [1.807, 2.05) is 0 Å². The van der Waals surface area contributed by atoms with Crippen LogP contribution < -0.4 is 14.2 Å². The van der Waals surface area contributed by atoms with Crippen molar-refractivity contribution in [2.75, 3.05) is 18.9 Å². The number of hydrogen-bond acceptors (Lipinski definition) is 7. The predicted octanol–water partition coefficient (Wildman–Crippen LogP) is 3.16. The molecule has 0 aliphatic heterocycles. The van der Waals surface area contributed by atoms with E-state index in [2.05, 4.69) is 13.5 Å². The van der Waals surface area contributed by atoms with Crippen LogP contribution >= 0.6 is 23.3 Å². The minimum atomic E-state index is -3.90. The number of hydrogen-bond donors (Lipinski definition) is 1. The quantitative estimate of drug-likeness (QED) is 0.725. The molecule has 3 rings (SSSR count). The topological polar surface area (TPSA) is 90.4 Å². The normalized spacial score (nSPS) is 11.5. The molecule has 7 nitrogen and oxygen atoms in total. The van der Waals surface area contributed by atoms with E-state index in [-0.39, 0.29) is 16.3 Å². The second-order valence-corrected chi connectivity index (χ2v) is 7.27. The number of nitrogens with one attached hydrogen (secondary N) is 1. The molecule has 0 saturated heterocycles. The molecular formula is C14H12ClN3O4S2. The van der Waals surface area contributed by atoms with Crippen LogP contribution in [0, 0.1) is 0 Å². The van der Waals surface area contributed by atoms with Gasteiger partial charge in [0.2, 0.25) is 0 Å². The summed E-state index contributed by atoms with van der Waals surface area (Å²) in [6.45, 7) is 0. The van der Waals surface area contributed by atoms with Crippen molar-refractivity contribution < 1.29 is 17.9 Å². The first-order valence-corrected chi connectivity index (χ1v) is 9.21. The van der Waals surface area contributed by atoms with E-state index >= 15 is 0 Å². The van der Waals surface area contributed by atoms with Gasteiger partial charge in [-0.1, -0.05) is 17.7 Å². The Morgan fingerprint density at radius 1 is 1.12 bits per heavy atom. The fraction of sp³-hybridized carbons (Fsp3) is 0.143. The van der Waals surface area contributed by atoms with Crippen molar-refractivity contribution in [2.24, 2.45) is 0 Å². The number of methoxy groups -OCH3 is 2. The van der Waals surface area contributed by atoms with Crippen LogP contribution in [0.1, 0.15) is 0 Å². The largest absolute Gasteiger partial charge is 0.495 e. The van der Waals surface area contributed by atoms with E-state index in [4.69, 9.17) is 21.1 Å². The van der Waals surface area contributed by atoms with Crippen LogP contribution in [-0.4, -0.2) is 31.4 Å². The molecule has 1 aromatic heterocycles. The van der Waals surface area contributed by atoms with Crippen LogP contribution in [0.25, 0.3) is 11.0 Å². The molecule has 0 bridgehead atoms. The highest BCUT2D eigenvalue weighted by Crippen LogP contribution is 2.37. The molecule has 0 amide bonds. The minimum absolute atomic E-state index is 0.0321. The van der Waals surface area contributed by atoms with E-state index in [1.165, 1.54) is 32.4 Å². The molecule has 0 saturated carbocycles. The number of anilines is 1. The maximum atomic E-state index is 12.8. The van der Waals surface area contributed by atoms with E-state index in [0.717, 1.165) is 11.7 Å². The van der Waals surface area contributed by atoms with Gasteiger partial charge >= 0.3 is 0 Å². The molecular weight excluding hydrogens is 374 g/mol. The fourth-order valence-electron chi connectivity index (χ4n) is 2.14. The number of benzene rings is 2. The van der Waals surface area contributed by atoms with Gasteiger partial charge in [-0.3, -0.25) is 4.72 Å². The summed E-state index contributed by atoms with van der Waals surface area (Å²) in [5, 5.41) is 0.308. The number of sulfonamides is 1. The molecule has 1 N–H and O–H groups in total. The molecule has 0 unspecified atom stereocenters. The van der Waals surface area contributed by atoms with Gasteiger partial charge in [-0.2, -0.15) is 8.75 Å². The first-order valence-electron chi connectivity index (χ1n) is 6.62. The Kier molecular flexibility index (Phi) is 4.48. The van der Waals surface area contributed by atoms with Crippen molar-refractivity contribution in [2.45, 2.75) is 4.90 Å². The molecule has 126 valence electrons. The Hall–Kier alpha value is -2.10. The summed E-state index contributed by atoms with van der Waals surface area (Å²) in [5.74, 6) is 0.594. The molecule has 0 atom stereocenters. The third-order valence-corrected chi connectivity index (χ3v) is 5.49. The van der Waals surface area contributed by atoms with E-state index in [0.29, 0.717) is 21.8 Å². The standard InChI is InChI=1S/C14H12ClN3O4S2/c1-21-11-7-10(12(22-2)6-8(11)15)18-24(19,20)13-5-3-4-9-14(13)17-23-16-9/h3-7,18H,1-2H3. The van der Waals surface area contributed by atoms with Crippen molar-refractivity contribution in [1.82, 2.24) is 8.75 Å². The van der Waals surface area contributed by atoms with Gasteiger partial charge in [0.05, 0.1) is 36.7 Å². The maximum absolute atomic E-state index is 12.8. The number of nitrogens with zero attached hydrogens (tertiary/aromatic N) is 2. The lowest BCUT2D eigenvalue weighted by Gasteiger charge is -2.14. The van der Waals surface area contributed by atoms with Crippen molar-refractivity contribution in [1.29, 1.82) is 0 Å².